The molecule has 114 valence electrons. The number of carbonyl (C=O) groups is 1. The van der Waals surface area contributed by atoms with Crippen LogP contribution in [0.5, 0.6) is 0 Å². The SMILES string of the molecule is CSc1ccc(COC(=O)/C=C/c2ccc([N+](=O)[O-])o2)cc1. The van der Waals surface area contributed by atoms with Gasteiger partial charge in [0.15, 0.2) is 0 Å². The molecule has 1 aromatic carbocycles. The second kappa shape index (κ2) is 7.46. The molecule has 2 rings (SSSR count). The summed E-state index contributed by atoms with van der Waals surface area (Å²) in [6, 6.07) is 10.3. The van der Waals surface area contributed by atoms with Crippen molar-refractivity contribution in [1.82, 2.24) is 0 Å². The van der Waals surface area contributed by atoms with Crippen molar-refractivity contribution in [2.24, 2.45) is 0 Å². The van der Waals surface area contributed by atoms with Crippen LogP contribution in [0.15, 0.2) is 51.8 Å². The molecule has 7 heteroatoms. The van der Waals surface area contributed by atoms with Gasteiger partial charge in [-0.25, -0.2) is 4.79 Å². The molecule has 0 atom stereocenters. The molecule has 0 aliphatic heterocycles. The van der Waals surface area contributed by atoms with Crippen molar-refractivity contribution in [3.63, 3.8) is 0 Å². The van der Waals surface area contributed by atoms with Gasteiger partial charge in [0.1, 0.15) is 17.3 Å². The second-order valence-electron chi connectivity index (χ2n) is 4.22. The Balaban J connectivity index is 1.86. The van der Waals surface area contributed by atoms with Crippen LogP contribution in [0, 0.1) is 10.1 Å². The van der Waals surface area contributed by atoms with Crippen LogP contribution in [0.25, 0.3) is 6.08 Å². The van der Waals surface area contributed by atoms with Gasteiger partial charge in [0.05, 0.1) is 6.07 Å². The number of thioether (sulfide) groups is 1. The Morgan fingerprint density at radius 3 is 2.64 bits per heavy atom. The van der Waals surface area contributed by atoms with Gasteiger partial charge in [-0.05, 0) is 36.1 Å². The van der Waals surface area contributed by atoms with E-state index in [1.165, 1.54) is 24.3 Å². The molecule has 0 aliphatic carbocycles. The average molecular weight is 319 g/mol. The van der Waals surface area contributed by atoms with E-state index in [-0.39, 0.29) is 18.3 Å². The molecular formula is C15H13NO5S. The molecule has 2 aromatic rings. The summed E-state index contributed by atoms with van der Waals surface area (Å²) in [6.07, 6.45) is 4.48. The molecule has 0 bridgehead atoms. The van der Waals surface area contributed by atoms with Crippen molar-refractivity contribution >= 4 is 29.7 Å². The Hall–Kier alpha value is -2.54. The van der Waals surface area contributed by atoms with Gasteiger partial charge in [-0.15, -0.1) is 11.8 Å². The fourth-order valence-corrected chi connectivity index (χ4v) is 2.01. The first kappa shape index (κ1) is 15.8. The summed E-state index contributed by atoms with van der Waals surface area (Å²) in [6.45, 7) is 0.163. The lowest BCUT2D eigenvalue weighted by Gasteiger charge is -2.03. The standard InChI is InChI=1S/C15H13NO5S/c1-22-13-6-2-11(3-7-13)10-20-15(17)9-5-12-4-8-14(21-12)16(18)19/h2-9H,10H2,1H3/b9-5+. The summed E-state index contributed by atoms with van der Waals surface area (Å²) < 4.78 is 9.96. The van der Waals surface area contributed by atoms with Crippen LogP contribution in [0.1, 0.15) is 11.3 Å². The average Bonchev–Trinajstić information content (AvgIpc) is 3.00. The maximum absolute atomic E-state index is 11.6. The first-order valence-corrected chi connectivity index (χ1v) is 7.53. The number of esters is 1. The van der Waals surface area contributed by atoms with Crippen LogP contribution in [-0.2, 0) is 16.1 Å². The summed E-state index contributed by atoms with van der Waals surface area (Å²) in [5.74, 6) is -0.706. The Labute approximate surface area is 130 Å². The Morgan fingerprint density at radius 1 is 1.32 bits per heavy atom. The van der Waals surface area contributed by atoms with Gasteiger partial charge < -0.3 is 9.15 Å². The number of rotatable bonds is 6. The highest BCUT2D eigenvalue weighted by Gasteiger charge is 2.10. The van der Waals surface area contributed by atoms with Crippen molar-refractivity contribution in [3.8, 4) is 0 Å². The fraction of sp³-hybridized carbons (Fsp3) is 0.133. The van der Waals surface area contributed by atoms with Crippen molar-refractivity contribution in [2.45, 2.75) is 11.5 Å². The number of nitrogens with zero attached hydrogens (tertiary/aromatic N) is 1. The summed E-state index contributed by atoms with van der Waals surface area (Å²) in [5.41, 5.74) is 0.883. The summed E-state index contributed by atoms with van der Waals surface area (Å²) >= 11 is 1.63. The third kappa shape index (κ3) is 4.49. The lowest BCUT2D eigenvalue weighted by atomic mass is 10.2. The van der Waals surface area contributed by atoms with Crippen LogP contribution < -0.4 is 0 Å². The van der Waals surface area contributed by atoms with E-state index in [2.05, 4.69) is 0 Å². The first-order valence-electron chi connectivity index (χ1n) is 6.30. The Kier molecular flexibility index (Phi) is 5.37. The maximum atomic E-state index is 11.6. The number of benzene rings is 1. The maximum Gasteiger partial charge on any atom is 0.433 e. The number of nitro groups is 1. The zero-order chi connectivity index (χ0) is 15.9. The van der Waals surface area contributed by atoms with Crippen molar-refractivity contribution < 1.29 is 18.9 Å². The molecule has 0 aliphatic rings. The van der Waals surface area contributed by atoms with E-state index < -0.39 is 10.9 Å². The zero-order valence-corrected chi connectivity index (χ0v) is 12.5. The highest BCUT2D eigenvalue weighted by Crippen LogP contribution is 2.17. The highest BCUT2D eigenvalue weighted by atomic mass is 32.2. The molecule has 1 heterocycles. The van der Waals surface area contributed by atoms with Gasteiger partial charge in [-0.2, -0.15) is 0 Å². The third-order valence-electron chi connectivity index (χ3n) is 2.72. The molecule has 0 saturated heterocycles. The zero-order valence-electron chi connectivity index (χ0n) is 11.7. The van der Waals surface area contributed by atoms with Gasteiger partial charge in [0.25, 0.3) is 0 Å². The van der Waals surface area contributed by atoms with Crippen LogP contribution in [0.2, 0.25) is 0 Å². The van der Waals surface area contributed by atoms with E-state index in [0.29, 0.717) is 0 Å². The van der Waals surface area contributed by atoms with Crippen molar-refractivity contribution in [3.05, 3.63) is 63.9 Å². The molecule has 1 aromatic heterocycles. The van der Waals surface area contributed by atoms with E-state index in [4.69, 9.17) is 9.15 Å². The minimum absolute atomic E-state index is 0.163. The number of hydrogen-bond donors (Lipinski definition) is 0. The minimum Gasteiger partial charge on any atom is -0.458 e. The Morgan fingerprint density at radius 2 is 2.05 bits per heavy atom. The first-order chi connectivity index (χ1) is 10.6. The molecule has 22 heavy (non-hydrogen) atoms. The van der Waals surface area contributed by atoms with Gasteiger partial charge in [0, 0.05) is 11.0 Å². The smallest absolute Gasteiger partial charge is 0.433 e. The van der Waals surface area contributed by atoms with Gasteiger partial charge in [0.2, 0.25) is 0 Å². The normalized spacial score (nSPS) is 10.8. The number of furan rings is 1. The monoisotopic (exact) mass is 319 g/mol. The summed E-state index contributed by atoms with van der Waals surface area (Å²) in [7, 11) is 0. The van der Waals surface area contributed by atoms with Crippen LogP contribution in [0.4, 0.5) is 5.88 Å². The topological polar surface area (TPSA) is 82.6 Å². The van der Waals surface area contributed by atoms with E-state index in [1.54, 1.807) is 11.8 Å². The van der Waals surface area contributed by atoms with E-state index in [0.717, 1.165) is 10.5 Å². The molecular weight excluding hydrogens is 306 g/mol. The number of hydrogen-bond acceptors (Lipinski definition) is 6. The predicted molar refractivity (Wildman–Crippen MR) is 82.4 cm³/mol. The van der Waals surface area contributed by atoms with Gasteiger partial charge >= 0.3 is 11.9 Å². The van der Waals surface area contributed by atoms with Gasteiger partial charge in [-0.3, -0.25) is 10.1 Å². The second-order valence-corrected chi connectivity index (χ2v) is 5.10. The third-order valence-corrected chi connectivity index (χ3v) is 3.46. The Bertz CT molecular complexity index is 690. The number of ether oxygens (including phenoxy) is 1. The minimum atomic E-state index is -0.645. The lowest BCUT2D eigenvalue weighted by Crippen LogP contribution is -2.00. The van der Waals surface area contributed by atoms with E-state index in [9.17, 15) is 14.9 Å². The van der Waals surface area contributed by atoms with Crippen molar-refractivity contribution in [1.29, 1.82) is 0 Å². The molecule has 0 spiro atoms. The summed E-state index contributed by atoms with van der Waals surface area (Å²) in [4.78, 5) is 22.5. The van der Waals surface area contributed by atoms with Crippen LogP contribution in [-0.4, -0.2) is 17.1 Å². The molecule has 0 fully saturated rings. The molecule has 0 N–H and O–H groups in total. The number of carbonyl (C=O) groups excluding carboxylic acids is 1. The van der Waals surface area contributed by atoms with Crippen LogP contribution >= 0.6 is 11.8 Å². The highest BCUT2D eigenvalue weighted by molar-refractivity contribution is 7.98. The van der Waals surface area contributed by atoms with Crippen molar-refractivity contribution in [2.75, 3.05) is 6.26 Å². The largest absolute Gasteiger partial charge is 0.458 e. The molecule has 0 radical (unpaired) electrons. The summed E-state index contributed by atoms with van der Waals surface area (Å²) in [5, 5.41) is 10.5. The van der Waals surface area contributed by atoms with E-state index in [1.807, 2.05) is 30.5 Å². The predicted octanol–water partition coefficient (Wildman–Crippen LogP) is 3.67. The fourth-order valence-electron chi connectivity index (χ4n) is 1.60. The van der Waals surface area contributed by atoms with Crippen LogP contribution in [0.3, 0.4) is 0 Å². The van der Waals surface area contributed by atoms with Gasteiger partial charge in [-0.1, -0.05) is 12.1 Å². The molecule has 0 unspecified atom stereocenters. The molecule has 6 nitrogen and oxygen atoms in total. The molecule has 0 saturated carbocycles. The lowest BCUT2D eigenvalue weighted by molar-refractivity contribution is -0.402. The van der Waals surface area contributed by atoms with E-state index >= 15 is 0 Å². The quantitative estimate of drug-likeness (QED) is 0.266. The molecule has 0 amide bonds.